The lowest BCUT2D eigenvalue weighted by Crippen LogP contribution is -2.05. The van der Waals surface area contributed by atoms with E-state index in [4.69, 9.17) is 0 Å². The SMILES string of the molecule is Cc1cc(C(F)(F)F)ccc1-c1cc2c(cn1)ncn2-c1ccc(OC(F)F)cc1. The van der Waals surface area contributed by atoms with E-state index in [-0.39, 0.29) is 5.75 Å². The third-order valence-electron chi connectivity index (χ3n) is 4.60. The number of benzene rings is 2. The number of hydrogen-bond acceptors (Lipinski definition) is 3. The van der Waals surface area contributed by atoms with E-state index in [2.05, 4.69) is 14.7 Å². The van der Waals surface area contributed by atoms with Gasteiger partial charge in [-0.15, -0.1) is 0 Å². The van der Waals surface area contributed by atoms with Crippen molar-refractivity contribution < 1.29 is 26.7 Å². The minimum Gasteiger partial charge on any atom is -0.435 e. The Morgan fingerprint density at radius 2 is 1.70 bits per heavy atom. The molecule has 0 saturated carbocycles. The van der Waals surface area contributed by atoms with Gasteiger partial charge in [0.05, 0.1) is 23.0 Å². The molecule has 4 rings (SSSR count). The molecule has 2 aromatic heterocycles. The summed E-state index contributed by atoms with van der Waals surface area (Å²) < 4.78 is 69.5. The molecule has 2 aromatic carbocycles. The van der Waals surface area contributed by atoms with Crippen LogP contribution in [0.3, 0.4) is 0 Å². The summed E-state index contributed by atoms with van der Waals surface area (Å²) in [6, 6.07) is 11.2. The maximum Gasteiger partial charge on any atom is 0.416 e. The molecule has 2 heterocycles. The predicted molar refractivity (Wildman–Crippen MR) is 101 cm³/mol. The summed E-state index contributed by atoms with van der Waals surface area (Å²) in [6.07, 6.45) is -1.33. The molecule has 0 saturated heterocycles. The maximum absolute atomic E-state index is 12.9. The summed E-state index contributed by atoms with van der Waals surface area (Å²) in [5, 5.41) is 0. The predicted octanol–water partition coefficient (Wildman–Crippen LogP) is 6.02. The van der Waals surface area contributed by atoms with Gasteiger partial charge in [0.15, 0.2) is 0 Å². The molecule has 4 aromatic rings. The number of aromatic nitrogens is 3. The quantitative estimate of drug-likeness (QED) is 0.380. The van der Waals surface area contributed by atoms with Gasteiger partial charge in [-0.05, 0) is 55.0 Å². The van der Waals surface area contributed by atoms with Crippen molar-refractivity contribution in [3.63, 3.8) is 0 Å². The van der Waals surface area contributed by atoms with Crippen LogP contribution in [0, 0.1) is 6.92 Å². The number of aryl methyl sites for hydroxylation is 1. The van der Waals surface area contributed by atoms with E-state index in [1.54, 1.807) is 36.0 Å². The number of ether oxygens (including phenoxy) is 1. The molecule has 0 fully saturated rings. The first-order valence-corrected chi connectivity index (χ1v) is 8.79. The van der Waals surface area contributed by atoms with Gasteiger partial charge in [0.1, 0.15) is 17.6 Å². The summed E-state index contributed by atoms with van der Waals surface area (Å²) in [7, 11) is 0. The third-order valence-corrected chi connectivity index (χ3v) is 4.60. The van der Waals surface area contributed by atoms with Gasteiger partial charge in [0.2, 0.25) is 0 Å². The van der Waals surface area contributed by atoms with Crippen LogP contribution in [0.25, 0.3) is 28.0 Å². The van der Waals surface area contributed by atoms with Crippen molar-refractivity contribution in [3.8, 4) is 22.7 Å². The average Bonchev–Trinajstić information content (AvgIpc) is 3.10. The highest BCUT2D eigenvalue weighted by molar-refractivity contribution is 5.81. The molecule has 0 aliphatic heterocycles. The molecule has 9 heteroatoms. The van der Waals surface area contributed by atoms with Crippen LogP contribution in [0.1, 0.15) is 11.1 Å². The molecule has 0 aliphatic carbocycles. The molecule has 154 valence electrons. The molecule has 30 heavy (non-hydrogen) atoms. The van der Waals surface area contributed by atoms with Gasteiger partial charge < -0.3 is 4.74 Å². The standard InChI is InChI=1S/C21H14F5N3O/c1-12-8-13(21(24,25)26)2-7-16(12)17-9-19-18(10-27-17)28-11-29(19)14-3-5-15(6-4-14)30-20(22)23/h2-11,20H,1H3. The lowest BCUT2D eigenvalue weighted by atomic mass is 10.0. The van der Waals surface area contributed by atoms with Crippen molar-refractivity contribution in [2.24, 2.45) is 0 Å². The van der Waals surface area contributed by atoms with Gasteiger partial charge in [0, 0.05) is 11.3 Å². The minimum atomic E-state index is -4.42. The first kappa shape index (κ1) is 19.8. The largest absolute Gasteiger partial charge is 0.435 e. The van der Waals surface area contributed by atoms with Gasteiger partial charge in [-0.1, -0.05) is 6.07 Å². The van der Waals surface area contributed by atoms with Gasteiger partial charge in [-0.25, -0.2) is 4.98 Å². The highest BCUT2D eigenvalue weighted by Gasteiger charge is 2.30. The minimum absolute atomic E-state index is 0.0286. The Kier molecular flexibility index (Phi) is 4.89. The lowest BCUT2D eigenvalue weighted by Gasteiger charge is -2.11. The number of fused-ring (bicyclic) bond motifs is 1. The Bertz CT molecular complexity index is 1200. The molecule has 0 spiro atoms. The Labute approximate surface area is 167 Å². The van der Waals surface area contributed by atoms with E-state index >= 15 is 0 Å². The van der Waals surface area contributed by atoms with Crippen LogP contribution in [0.4, 0.5) is 22.0 Å². The van der Waals surface area contributed by atoms with Crippen LogP contribution in [-0.4, -0.2) is 21.1 Å². The van der Waals surface area contributed by atoms with E-state index in [9.17, 15) is 22.0 Å². The highest BCUT2D eigenvalue weighted by atomic mass is 19.4. The number of hydrogen-bond donors (Lipinski definition) is 0. The number of pyridine rings is 1. The zero-order chi connectivity index (χ0) is 21.5. The van der Waals surface area contributed by atoms with Crippen molar-refractivity contribution in [1.82, 2.24) is 14.5 Å². The van der Waals surface area contributed by atoms with Crippen LogP contribution in [-0.2, 0) is 6.18 Å². The number of imidazole rings is 1. The van der Waals surface area contributed by atoms with Crippen molar-refractivity contribution in [2.75, 3.05) is 0 Å². The molecule has 0 aliphatic rings. The fraction of sp³-hybridized carbons (Fsp3) is 0.143. The van der Waals surface area contributed by atoms with Crippen LogP contribution < -0.4 is 4.74 Å². The topological polar surface area (TPSA) is 39.9 Å². The van der Waals surface area contributed by atoms with Gasteiger partial charge in [-0.2, -0.15) is 22.0 Å². The Morgan fingerprint density at radius 1 is 0.967 bits per heavy atom. The summed E-state index contributed by atoms with van der Waals surface area (Å²) in [5.41, 5.74) is 2.68. The van der Waals surface area contributed by atoms with Crippen LogP contribution >= 0.6 is 0 Å². The summed E-state index contributed by atoms with van der Waals surface area (Å²) >= 11 is 0. The molecular weight excluding hydrogens is 405 g/mol. The second-order valence-electron chi connectivity index (χ2n) is 6.57. The van der Waals surface area contributed by atoms with Gasteiger partial charge in [0.25, 0.3) is 0 Å². The summed E-state index contributed by atoms with van der Waals surface area (Å²) in [6.45, 7) is -1.32. The van der Waals surface area contributed by atoms with Crippen LogP contribution in [0.5, 0.6) is 5.75 Å². The Morgan fingerprint density at radius 3 is 2.33 bits per heavy atom. The molecule has 0 radical (unpaired) electrons. The second-order valence-corrected chi connectivity index (χ2v) is 6.57. The van der Waals surface area contributed by atoms with Gasteiger partial charge >= 0.3 is 12.8 Å². The Balaban J connectivity index is 1.73. The first-order valence-electron chi connectivity index (χ1n) is 8.79. The van der Waals surface area contributed by atoms with E-state index in [1.807, 2.05) is 0 Å². The van der Waals surface area contributed by atoms with Crippen molar-refractivity contribution in [3.05, 3.63) is 72.2 Å². The zero-order valence-electron chi connectivity index (χ0n) is 15.5. The molecule has 0 N–H and O–H groups in total. The molecule has 0 atom stereocenters. The molecular formula is C21H14F5N3O. The first-order chi connectivity index (χ1) is 14.2. The van der Waals surface area contributed by atoms with E-state index in [0.717, 1.165) is 12.1 Å². The van der Waals surface area contributed by atoms with Crippen molar-refractivity contribution in [1.29, 1.82) is 0 Å². The molecule has 4 nitrogen and oxygen atoms in total. The average molecular weight is 419 g/mol. The lowest BCUT2D eigenvalue weighted by molar-refractivity contribution is -0.137. The smallest absolute Gasteiger partial charge is 0.416 e. The van der Waals surface area contributed by atoms with E-state index in [0.29, 0.717) is 33.5 Å². The number of rotatable bonds is 4. The molecule has 0 unspecified atom stereocenters. The van der Waals surface area contributed by atoms with E-state index in [1.165, 1.54) is 24.4 Å². The third kappa shape index (κ3) is 3.83. The highest BCUT2D eigenvalue weighted by Crippen LogP contribution is 2.33. The number of halogens is 5. The normalized spacial score (nSPS) is 12.0. The monoisotopic (exact) mass is 419 g/mol. The van der Waals surface area contributed by atoms with Crippen molar-refractivity contribution >= 4 is 11.0 Å². The van der Waals surface area contributed by atoms with E-state index < -0.39 is 18.4 Å². The summed E-state index contributed by atoms with van der Waals surface area (Å²) in [4.78, 5) is 8.59. The van der Waals surface area contributed by atoms with Crippen LogP contribution in [0.15, 0.2) is 61.1 Å². The van der Waals surface area contributed by atoms with Crippen molar-refractivity contribution in [2.45, 2.75) is 19.7 Å². The fourth-order valence-corrected chi connectivity index (χ4v) is 3.18. The van der Waals surface area contributed by atoms with Crippen LogP contribution in [0.2, 0.25) is 0 Å². The number of alkyl halides is 5. The maximum atomic E-state index is 12.9. The molecule has 0 amide bonds. The Hall–Kier alpha value is -3.49. The van der Waals surface area contributed by atoms with Gasteiger partial charge in [-0.3, -0.25) is 9.55 Å². The fourth-order valence-electron chi connectivity index (χ4n) is 3.18. The second kappa shape index (κ2) is 7.40. The molecule has 0 bridgehead atoms. The summed E-state index contributed by atoms with van der Waals surface area (Å²) in [5.74, 6) is 0.0286. The zero-order valence-corrected chi connectivity index (χ0v) is 15.5. The number of nitrogens with zero attached hydrogens (tertiary/aromatic N) is 3.